The molecule has 3 N–H and O–H groups in total. The van der Waals surface area contributed by atoms with E-state index < -0.39 is 6.29 Å². The monoisotopic (exact) mass is 521 g/mol. The highest BCUT2D eigenvalue weighted by atomic mass is 16.7. The van der Waals surface area contributed by atoms with Crippen LogP contribution in [0.25, 0.3) is 0 Å². The van der Waals surface area contributed by atoms with E-state index in [0.717, 1.165) is 35.3 Å². The van der Waals surface area contributed by atoms with Gasteiger partial charge in [-0.2, -0.15) is 0 Å². The predicted molar refractivity (Wildman–Crippen MR) is 149 cm³/mol. The first-order valence-corrected chi connectivity index (χ1v) is 14.0. The third-order valence-corrected chi connectivity index (χ3v) is 7.78. The molecule has 38 heavy (non-hydrogen) atoms. The number of aliphatic hydroxyl groups is 1. The highest BCUT2D eigenvalue weighted by Gasteiger charge is 2.40. The van der Waals surface area contributed by atoms with Gasteiger partial charge in [0.2, 0.25) is 0 Å². The van der Waals surface area contributed by atoms with Gasteiger partial charge >= 0.3 is 6.03 Å². The predicted octanol–water partition coefficient (Wildman–Crippen LogP) is 5.22. The Morgan fingerprint density at radius 3 is 2.32 bits per heavy atom. The summed E-state index contributed by atoms with van der Waals surface area (Å²) in [6.07, 6.45) is 6.37. The lowest BCUT2D eigenvalue weighted by atomic mass is 9.89. The molecule has 2 fully saturated rings. The third kappa shape index (κ3) is 7.23. The zero-order valence-corrected chi connectivity index (χ0v) is 22.8. The van der Waals surface area contributed by atoms with E-state index in [0.29, 0.717) is 19.1 Å². The number of benzene rings is 2. The molecule has 0 unspecified atom stereocenters. The molecule has 206 valence electrons. The number of urea groups is 1. The Balaban J connectivity index is 1.54. The molecule has 1 saturated carbocycles. The summed E-state index contributed by atoms with van der Waals surface area (Å²) >= 11 is 0. The summed E-state index contributed by atoms with van der Waals surface area (Å²) in [6.45, 7) is 10.9. The van der Waals surface area contributed by atoms with E-state index in [2.05, 4.69) is 41.2 Å². The number of amides is 2. The molecule has 2 aromatic carbocycles. The molecule has 0 radical (unpaired) electrons. The van der Waals surface area contributed by atoms with Gasteiger partial charge in [-0.25, -0.2) is 4.79 Å². The maximum atomic E-state index is 11.8. The van der Waals surface area contributed by atoms with Crippen molar-refractivity contribution in [2.24, 2.45) is 5.92 Å². The van der Waals surface area contributed by atoms with Crippen LogP contribution in [0.3, 0.4) is 0 Å². The second kappa shape index (κ2) is 13.9. The minimum absolute atomic E-state index is 0.0177. The molecule has 0 aromatic heterocycles. The highest BCUT2D eigenvalue weighted by Crippen LogP contribution is 2.42. The van der Waals surface area contributed by atoms with E-state index in [9.17, 15) is 9.90 Å². The number of rotatable bonds is 11. The van der Waals surface area contributed by atoms with Crippen LogP contribution in [0.15, 0.2) is 61.2 Å². The van der Waals surface area contributed by atoms with Crippen LogP contribution in [-0.2, 0) is 22.6 Å². The van der Waals surface area contributed by atoms with E-state index >= 15 is 0 Å². The number of aliphatic hydroxyl groups excluding tert-OH is 1. The van der Waals surface area contributed by atoms with Crippen LogP contribution in [0.4, 0.5) is 4.79 Å². The zero-order chi connectivity index (χ0) is 26.9. The fraction of sp³-hybridized carbons (Fsp3) is 0.516. The normalized spacial score (nSPS) is 23.9. The average molecular weight is 522 g/mol. The third-order valence-electron chi connectivity index (χ3n) is 7.78. The molecule has 1 aliphatic carbocycles. The first kappa shape index (κ1) is 28.3. The van der Waals surface area contributed by atoms with Gasteiger partial charge in [-0.15, -0.1) is 6.58 Å². The van der Waals surface area contributed by atoms with Crippen molar-refractivity contribution >= 4 is 6.03 Å². The van der Waals surface area contributed by atoms with Crippen LogP contribution in [0.1, 0.15) is 74.2 Å². The molecule has 2 aliphatic rings. The Bertz CT molecular complexity index is 1020. The van der Waals surface area contributed by atoms with E-state index in [-0.39, 0.29) is 30.8 Å². The van der Waals surface area contributed by atoms with Gasteiger partial charge in [-0.05, 0) is 36.5 Å². The summed E-state index contributed by atoms with van der Waals surface area (Å²) in [5.74, 6) is 0.139. The second-order valence-electron chi connectivity index (χ2n) is 10.5. The Morgan fingerprint density at radius 2 is 1.68 bits per heavy atom. The van der Waals surface area contributed by atoms with Gasteiger partial charge in [0.05, 0.1) is 18.8 Å². The fourth-order valence-electron chi connectivity index (χ4n) is 5.57. The maximum absolute atomic E-state index is 11.8. The van der Waals surface area contributed by atoms with Gasteiger partial charge in [0, 0.05) is 43.7 Å². The molecule has 0 bridgehead atoms. The quantitative estimate of drug-likeness (QED) is 0.353. The molecule has 2 aromatic rings. The van der Waals surface area contributed by atoms with Crippen LogP contribution < -0.4 is 10.6 Å². The van der Waals surface area contributed by atoms with Crippen molar-refractivity contribution in [1.82, 2.24) is 15.5 Å². The van der Waals surface area contributed by atoms with Gasteiger partial charge in [0.1, 0.15) is 0 Å². The van der Waals surface area contributed by atoms with Gasteiger partial charge in [0.25, 0.3) is 0 Å². The smallest absolute Gasteiger partial charge is 0.315 e. The molecule has 4 atom stereocenters. The number of hydrogen-bond donors (Lipinski definition) is 3. The average Bonchev–Trinajstić information content (AvgIpc) is 3.48. The van der Waals surface area contributed by atoms with Crippen molar-refractivity contribution in [1.29, 1.82) is 0 Å². The fourth-order valence-corrected chi connectivity index (χ4v) is 5.57. The van der Waals surface area contributed by atoms with Crippen molar-refractivity contribution < 1.29 is 19.4 Å². The number of ether oxygens (including phenoxy) is 2. The minimum atomic E-state index is -0.502. The first-order chi connectivity index (χ1) is 18.5. The summed E-state index contributed by atoms with van der Waals surface area (Å²) in [4.78, 5) is 14.3. The molecule has 7 heteroatoms. The lowest BCUT2D eigenvalue weighted by Gasteiger charge is -2.43. The van der Waals surface area contributed by atoms with Crippen molar-refractivity contribution in [2.45, 2.75) is 77.2 Å². The lowest BCUT2D eigenvalue weighted by Crippen LogP contribution is -2.47. The molecule has 1 aliphatic heterocycles. The SMILES string of the molecule is C=CCN(C[C@@H]1O[C@H](c2ccc(CNC(=O)NCC)cc2)O[C@H](c2ccc(CO)cc2)[C@@H]1C)C1CCCC1. The summed E-state index contributed by atoms with van der Waals surface area (Å²) in [5.41, 5.74) is 3.94. The molecule has 7 nitrogen and oxygen atoms in total. The molecule has 1 heterocycles. The van der Waals surface area contributed by atoms with Crippen molar-refractivity contribution in [3.05, 3.63) is 83.4 Å². The van der Waals surface area contributed by atoms with Crippen LogP contribution >= 0.6 is 0 Å². The van der Waals surface area contributed by atoms with E-state index in [1.807, 2.05) is 49.4 Å². The standard InChI is InChI=1S/C31H43N3O4/c1-4-18-34(27-8-6-7-9-27)20-28-22(3)29(25-14-12-24(21-35)13-15-25)38-30(37-28)26-16-10-23(11-17-26)19-33-31(36)32-5-2/h4,10-17,22,27-30,35H,1,5-9,18-21H2,2-3H3,(H2,32,33,36)/t22-,28+,29+,30+/m1/s1. The first-order valence-electron chi connectivity index (χ1n) is 14.0. The Kier molecular flexibility index (Phi) is 10.4. The zero-order valence-electron chi connectivity index (χ0n) is 22.8. The van der Waals surface area contributed by atoms with Gasteiger partial charge < -0.3 is 25.2 Å². The summed E-state index contributed by atoms with van der Waals surface area (Å²) in [6, 6.07) is 16.5. The van der Waals surface area contributed by atoms with Gasteiger partial charge in [0.15, 0.2) is 6.29 Å². The molecular formula is C31H43N3O4. The van der Waals surface area contributed by atoms with Crippen LogP contribution in [-0.4, -0.2) is 47.8 Å². The van der Waals surface area contributed by atoms with E-state index in [1.165, 1.54) is 25.7 Å². The lowest BCUT2D eigenvalue weighted by molar-refractivity contribution is -0.276. The number of nitrogens with one attached hydrogen (secondary N) is 2. The number of carbonyl (C=O) groups excluding carboxylic acids is 1. The van der Waals surface area contributed by atoms with Crippen LogP contribution in [0.2, 0.25) is 0 Å². The second-order valence-corrected chi connectivity index (χ2v) is 10.5. The Morgan fingerprint density at radius 1 is 1.03 bits per heavy atom. The Hall–Kier alpha value is -2.71. The minimum Gasteiger partial charge on any atom is -0.392 e. The summed E-state index contributed by atoms with van der Waals surface area (Å²) < 4.78 is 13.3. The number of carbonyl (C=O) groups is 1. The van der Waals surface area contributed by atoms with Gasteiger partial charge in [-0.3, -0.25) is 4.90 Å². The van der Waals surface area contributed by atoms with Gasteiger partial charge in [-0.1, -0.05) is 74.4 Å². The summed E-state index contributed by atoms with van der Waals surface area (Å²) in [7, 11) is 0. The maximum Gasteiger partial charge on any atom is 0.315 e. The Labute approximate surface area is 227 Å². The van der Waals surface area contributed by atoms with E-state index in [1.54, 1.807) is 0 Å². The molecule has 1 saturated heterocycles. The highest BCUT2D eigenvalue weighted by molar-refractivity contribution is 5.73. The number of hydrogen-bond acceptors (Lipinski definition) is 5. The van der Waals surface area contributed by atoms with Crippen molar-refractivity contribution in [3.63, 3.8) is 0 Å². The molecule has 2 amide bonds. The summed E-state index contributed by atoms with van der Waals surface area (Å²) in [5, 5.41) is 15.1. The van der Waals surface area contributed by atoms with E-state index in [4.69, 9.17) is 9.47 Å². The molecule has 0 spiro atoms. The topological polar surface area (TPSA) is 83.1 Å². The largest absolute Gasteiger partial charge is 0.392 e. The molecular weight excluding hydrogens is 478 g/mol. The van der Waals surface area contributed by atoms with Crippen LogP contribution in [0.5, 0.6) is 0 Å². The van der Waals surface area contributed by atoms with Crippen molar-refractivity contribution in [3.8, 4) is 0 Å². The number of nitrogens with zero attached hydrogens (tertiary/aromatic N) is 1. The molecule has 4 rings (SSSR count). The van der Waals surface area contributed by atoms with Crippen LogP contribution in [0, 0.1) is 5.92 Å². The van der Waals surface area contributed by atoms with Crippen molar-refractivity contribution in [2.75, 3.05) is 19.6 Å².